The smallest absolute Gasteiger partial charge is 0.163 e. The van der Waals surface area contributed by atoms with Gasteiger partial charge < -0.3 is 14.2 Å². The zero-order chi connectivity index (χ0) is 12.8. The Bertz CT molecular complexity index is 517. The highest BCUT2D eigenvalue weighted by Crippen LogP contribution is 2.31. The number of methoxy groups -OCH3 is 2. The largest absolute Gasteiger partial charge is 0.493 e. The third-order valence-corrected chi connectivity index (χ3v) is 2.54. The molecule has 2 aromatic rings. The van der Waals surface area contributed by atoms with Crippen molar-refractivity contribution in [3.63, 3.8) is 0 Å². The Balaban J connectivity index is 2.19. The van der Waals surface area contributed by atoms with Crippen LogP contribution in [-0.2, 0) is 4.74 Å². The molecule has 0 saturated heterocycles. The van der Waals surface area contributed by atoms with Gasteiger partial charge in [-0.15, -0.1) is 0 Å². The number of aromatic nitrogens is 2. The molecule has 0 saturated carbocycles. The standard InChI is InChI=1S/C13H16N2O3/c1-16-4-3-5-18-13-7-11-10(6-12(13)17-2)8-14-9-15-11/h6-9H,3-5H2,1-2H3. The van der Waals surface area contributed by atoms with Crippen molar-refractivity contribution in [1.29, 1.82) is 0 Å². The van der Waals surface area contributed by atoms with Crippen LogP contribution in [0.4, 0.5) is 0 Å². The van der Waals surface area contributed by atoms with Crippen molar-refractivity contribution in [1.82, 2.24) is 9.97 Å². The van der Waals surface area contributed by atoms with E-state index in [4.69, 9.17) is 14.2 Å². The molecular weight excluding hydrogens is 232 g/mol. The molecule has 5 nitrogen and oxygen atoms in total. The van der Waals surface area contributed by atoms with Crippen molar-refractivity contribution in [2.45, 2.75) is 6.42 Å². The van der Waals surface area contributed by atoms with Gasteiger partial charge >= 0.3 is 0 Å². The molecule has 1 aromatic carbocycles. The Morgan fingerprint density at radius 2 is 2.00 bits per heavy atom. The highest BCUT2D eigenvalue weighted by atomic mass is 16.5. The number of rotatable bonds is 6. The molecular formula is C13H16N2O3. The van der Waals surface area contributed by atoms with Gasteiger partial charge in [0.05, 0.1) is 19.2 Å². The molecule has 0 N–H and O–H groups in total. The van der Waals surface area contributed by atoms with Gasteiger partial charge in [0, 0.05) is 37.8 Å². The van der Waals surface area contributed by atoms with Gasteiger partial charge in [-0.05, 0) is 6.07 Å². The minimum atomic E-state index is 0.584. The van der Waals surface area contributed by atoms with Gasteiger partial charge in [0.1, 0.15) is 6.33 Å². The third-order valence-electron chi connectivity index (χ3n) is 2.54. The van der Waals surface area contributed by atoms with E-state index in [1.165, 1.54) is 6.33 Å². The lowest BCUT2D eigenvalue weighted by Crippen LogP contribution is -2.02. The summed E-state index contributed by atoms with van der Waals surface area (Å²) in [6.45, 7) is 1.26. The molecule has 1 heterocycles. The zero-order valence-electron chi connectivity index (χ0n) is 10.5. The molecule has 0 aliphatic heterocycles. The lowest BCUT2D eigenvalue weighted by Gasteiger charge is -2.11. The summed E-state index contributed by atoms with van der Waals surface area (Å²) in [5, 5.41) is 0.929. The van der Waals surface area contributed by atoms with Gasteiger partial charge in [0.2, 0.25) is 0 Å². The zero-order valence-corrected chi connectivity index (χ0v) is 10.5. The fourth-order valence-corrected chi connectivity index (χ4v) is 1.65. The van der Waals surface area contributed by atoms with E-state index in [9.17, 15) is 0 Å². The second kappa shape index (κ2) is 6.16. The molecule has 0 radical (unpaired) electrons. The van der Waals surface area contributed by atoms with Gasteiger partial charge in [-0.3, -0.25) is 0 Å². The second-order valence-electron chi connectivity index (χ2n) is 3.78. The lowest BCUT2D eigenvalue weighted by atomic mass is 10.2. The predicted octanol–water partition coefficient (Wildman–Crippen LogP) is 2.05. The highest BCUT2D eigenvalue weighted by Gasteiger charge is 2.07. The first-order chi connectivity index (χ1) is 8.85. The molecule has 0 aliphatic carbocycles. The molecule has 0 spiro atoms. The van der Waals surface area contributed by atoms with Crippen molar-refractivity contribution < 1.29 is 14.2 Å². The van der Waals surface area contributed by atoms with Crippen LogP contribution in [0.25, 0.3) is 10.9 Å². The van der Waals surface area contributed by atoms with Crippen molar-refractivity contribution in [3.05, 3.63) is 24.7 Å². The minimum absolute atomic E-state index is 0.584. The monoisotopic (exact) mass is 248 g/mol. The Kier molecular flexibility index (Phi) is 4.30. The summed E-state index contributed by atoms with van der Waals surface area (Å²) < 4.78 is 15.9. The van der Waals surface area contributed by atoms with E-state index in [0.717, 1.165) is 17.3 Å². The average Bonchev–Trinajstić information content (AvgIpc) is 2.42. The normalized spacial score (nSPS) is 10.6. The number of nitrogens with zero attached hydrogens (tertiary/aromatic N) is 2. The van der Waals surface area contributed by atoms with E-state index in [1.54, 1.807) is 20.4 Å². The topological polar surface area (TPSA) is 53.5 Å². The van der Waals surface area contributed by atoms with Crippen molar-refractivity contribution >= 4 is 10.9 Å². The Morgan fingerprint density at radius 3 is 2.78 bits per heavy atom. The van der Waals surface area contributed by atoms with Gasteiger partial charge in [-0.1, -0.05) is 0 Å². The van der Waals surface area contributed by atoms with Crippen molar-refractivity contribution in [2.24, 2.45) is 0 Å². The van der Waals surface area contributed by atoms with E-state index in [2.05, 4.69) is 9.97 Å². The SMILES string of the molecule is COCCCOc1cc2ncncc2cc1OC. The Morgan fingerprint density at radius 1 is 1.11 bits per heavy atom. The second-order valence-corrected chi connectivity index (χ2v) is 3.78. The van der Waals surface area contributed by atoms with Crippen LogP contribution in [0.2, 0.25) is 0 Å². The molecule has 0 amide bonds. The summed E-state index contributed by atoms with van der Waals surface area (Å²) in [4.78, 5) is 8.17. The van der Waals surface area contributed by atoms with Gasteiger partial charge in [-0.25, -0.2) is 9.97 Å². The lowest BCUT2D eigenvalue weighted by molar-refractivity contribution is 0.170. The number of fused-ring (bicyclic) bond motifs is 1. The molecule has 0 atom stereocenters. The van der Waals surface area contributed by atoms with Gasteiger partial charge in [0.15, 0.2) is 11.5 Å². The maximum atomic E-state index is 5.67. The van der Waals surface area contributed by atoms with Crippen molar-refractivity contribution in [2.75, 3.05) is 27.4 Å². The van der Waals surface area contributed by atoms with Crippen LogP contribution in [0.15, 0.2) is 24.7 Å². The third kappa shape index (κ3) is 2.87. The predicted molar refractivity (Wildman–Crippen MR) is 68.1 cm³/mol. The first kappa shape index (κ1) is 12.6. The van der Waals surface area contributed by atoms with E-state index in [1.807, 2.05) is 12.1 Å². The molecule has 5 heteroatoms. The number of hydrogen-bond donors (Lipinski definition) is 0. The highest BCUT2D eigenvalue weighted by molar-refractivity contribution is 5.81. The number of benzene rings is 1. The fraction of sp³-hybridized carbons (Fsp3) is 0.385. The summed E-state index contributed by atoms with van der Waals surface area (Å²) in [6.07, 6.45) is 4.10. The van der Waals surface area contributed by atoms with Crippen LogP contribution < -0.4 is 9.47 Å². The first-order valence-electron chi connectivity index (χ1n) is 5.74. The van der Waals surface area contributed by atoms with Crippen LogP contribution in [-0.4, -0.2) is 37.4 Å². The summed E-state index contributed by atoms with van der Waals surface area (Å²) in [5.41, 5.74) is 0.840. The van der Waals surface area contributed by atoms with Crippen LogP contribution >= 0.6 is 0 Å². The average molecular weight is 248 g/mol. The summed E-state index contributed by atoms with van der Waals surface area (Å²) in [7, 11) is 3.29. The van der Waals surface area contributed by atoms with Crippen molar-refractivity contribution in [3.8, 4) is 11.5 Å². The minimum Gasteiger partial charge on any atom is -0.493 e. The molecule has 0 unspecified atom stereocenters. The van der Waals surface area contributed by atoms with Crippen LogP contribution in [0, 0.1) is 0 Å². The van der Waals surface area contributed by atoms with E-state index in [0.29, 0.717) is 24.7 Å². The van der Waals surface area contributed by atoms with Crippen LogP contribution in [0.3, 0.4) is 0 Å². The molecule has 0 fully saturated rings. The maximum Gasteiger partial charge on any atom is 0.163 e. The molecule has 1 aromatic heterocycles. The summed E-state index contributed by atoms with van der Waals surface area (Å²) in [6, 6.07) is 3.74. The quantitative estimate of drug-likeness (QED) is 0.732. The summed E-state index contributed by atoms with van der Waals surface area (Å²) >= 11 is 0. The fourth-order valence-electron chi connectivity index (χ4n) is 1.65. The van der Waals surface area contributed by atoms with E-state index >= 15 is 0 Å². The van der Waals surface area contributed by atoms with Crippen LogP contribution in [0.5, 0.6) is 11.5 Å². The number of ether oxygens (including phenoxy) is 3. The molecule has 18 heavy (non-hydrogen) atoms. The van der Waals surface area contributed by atoms with E-state index < -0.39 is 0 Å². The van der Waals surface area contributed by atoms with Crippen LogP contribution in [0.1, 0.15) is 6.42 Å². The molecule has 0 aliphatic rings. The Hall–Kier alpha value is -1.88. The molecule has 96 valence electrons. The van der Waals surface area contributed by atoms with Gasteiger partial charge in [0.25, 0.3) is 0 Å². The first-order valence-corrected chi connectivity index (χ1v) is 5.74. The molecule has 2 rings (SSSR count). The number of hydrogen-bond acceptors (Lipinski definition) is 5. The Labute approximate surface area is 106 Å². The molecule has 0 bridgehead atoms. The van der Waals surface area contributed by atoms with E-state index in [-0.39, 0.29) is 0 Å². The maximum absolute atomic E-state index is 5.67. The summed E-state index contributed by atoms with van der Waals surface area (Å²) in [5.74, 6) is 1.38. The van der Waals surface area contributed by atoms with Gasteiger partial charge in [-0.2, -0.15) is 0 Å².